The van der Waals surface area contributed by atoms with E-state index in [1.807, 2.05) is 0 Å². The van der Waals surface area contributed by atoms with E-state index >= 15 is 0 Å². The first-order valence-corrected chi connectivity index (χ1v) is 9.69. The van der Waals surface area contributed by atoms with Crippen LogP contribution in [0.15, 0.2) is 35.5 Å². The van der Waals surface area contributed by atoms with Crippen LogP contribution in [0.4, 0.5) is 0 Å². The number of aliphatic hydroxyl groups excluding tert-OH is 4. The normalized spacial score (nSPS) is 30.2. The highest BCUT2D eigenvalue weighted by atomic mass is 32.3. The molecule has 10 nitrogen and oxygen atoms in total. The Morgan fingerprint density at radius 2 is 1.81 bits per heavy atom. The molecule has 1 saturated heterocycles. The summed E-state index contributed by atoms with van der Waals surface area (Å²) in [5.74, 6) is 0. The predicted molar refractivity (Wildman–Crippen MR) is 91.6 cm³/mol. The van der Waals surface area contributed by atoms with E-state index in [0.717, 1.165) is 17.3 Å². The Labute approximate surface area is 154 Å². The molecule has 2 rings (SSSR count). The lowest BCUT2D eigenvalue weighted by Crippen LogP contribution is -2.57. The van der Waals surface area contributed by atoms with Crippen LogP contribution in [0.5, 0.6) is 0 Å². The highest BCUT2D eigenvalue weighted by Crippen LogP contribution is 2.30. The molecule has 5 N–H and O–H groups in total. The first kappa shape index (κ1) is 21.1. The van der Waals surface area contributed by atoms with E-state index in [4.69, 9.17) is 9.29 Å². The fourth-order valence-corrected chi connectivity index (χ4v) is 3.58. The van der Waals surface area contributed by atoms with Crippen molar-refractivity contribution in [3.63, 3.8) is 0 Å². The minimum Gasteiger partial charge on any atom is -0.394 e. The van der Waals surface area contributed by atoms with Gasteiger partial charge in [-0.3, -0.25) is 4.55 Å². The van der Waals surface area contributed by atoms with Gasteiger partial charge in [0.05, 0.1) is 6.61 Å². The van der Waals surface area contributed by atoms with E-state index in [9.17, 15) is 28.8 Å². The number of hydrogen-bond donors (Lipinski definition) is 5. The molecule has 0 aliphatic carbocycles. The molecule has 146 valence electrons. The highest BCUT2D eigenvalue weighted by molar-refractivity contribution is 8.14. The van der Waals surface area contributed by atoms with Crippen molar-refractivity contribution in [2.45, 2.75) is 36.3 Å². The van der Waals surface area contributed by atoms with Crippen LogP contribution >= 0.6 is 11.8 Å². The Morgan fingerprint density at radius 1 is 1.15 bits per heavy atom. The molecule has 1 aliphatic rings. The summed E-state index contributed by atoms with van der Waals surface area (Å²) in [6.45, 7) is -0.602. The number of benzene rings is 1. The molecule has 0 unspecified atom stereocenters. The van der Waals surface area contributed by atoms with Gasteiger partial charge in [-0.1, -0.05) is 47.2 Å². The summed E-state index contributed by atoms with van der Waals surface area (Å²) in [4.78, 5) is 0. The van der Waals surface area contributed by atoms with Gasteiger partial charge in [0.2, 0.25) is 0 Å². The van der Waals surface area contributed by atoms with Gasteiger partial charge in [-0.05, 0) is 5.56 Å². The Balaban J connectivity index is 2.19. The Bertz CT molecular complexity index is 710. The highest BCUT2D eigenvalue weighted by Gasteiger charge is 2.44. The van der Waals surface area contributed by atoms with Crippen LogP contribution in [-0.4, -0.2) is 74.9 Å². The van der Waals surface area contributed by atoms with Gasteiger partial charge in [0.15, 0.2) is 0 Å². The van der Waals surface area contributed by atoms with Crippen LogP contribution in [0, 0.1) is 0 Å². The first-order valence-electron chi connectivity index (χ1n) is 7.45. The third kappa shape index (κ3) is 5.89. The van der Waals surface area contributed by atoms with Crippen molar-refractivity contribution in [2.24, 2.45) is 5.16 Å². The average molecular weight is 409 g/mol. The zero-order valence-electron chi connectivity index (χ0n) is 13.3. The molecule has 5 atom stereocenters. The van der Waals surface area contributed by atoms with E-state index in [1.54, 1.807) is 30.3 Å². The van der Waals surface area contributed by atoms with Crippen LogP contribution in [0.3, 0.4) is 0 Å². The third-order valence-electron chi connectivity index (χ3n) is 3.53. The third-order valence-corrected chi connectivity index (χ3v) is 4.91. The van der Waals surface area contributed by atoms with Crippen molar-refractivity contribution < 1.29 is 42.4 Å². The topological polar surface area (TPSA) is 166 Å². The molecule has 1 aromatic rings. The quantitative estimate of drug-likeness (QED) is 0.168. The maximum atomic E-state index is 10.8. The van der Waals surface area contributed by atoms with E-state index in [0.29, 0.717) is 0 Å². The van der Waals surface area contributed by atoms with Gasteiger partial charge in [-0.25, -0.2) is 4.28 Å². The van der Waals surface area contributed by atoms with E-state index in [1.165, 1.54) is 0 Å². The molecule has 0 bridgehead atoms. The largest absolute Gasteiger partial charge is 0.466 e. The molecule has 1 aromatic carbocycles. The van der Waals surface area contributed by atoms with Crippen molar-refractivity contribution in [1.82, 2.24) is 0 Å². The number of ether oxygens (including phenoxy) is 1. The summed E-state index contributed by atoms with van der Waals surface area (Å²) in [6.07, 6.45) is -5.68. The summed E-state index contributed by atoms with van der Waals surface area (Å²) in [5, 5.41) is 42.2. The van der Waals surface area contributed by atoms with Crippen molar-refractivity contribution in [2.75, 3.05) is 6.61 Å². The van der Waals surface area contributed by atoms with Gasteiger partial charge in [-0.2, -0.15) is 8.42 Å². The number of rotatable bonds is 6. The lowest BCUT2D eigenvalue weighted by molar-refractivity contribution is -0.205. The van der Waals surface area contributed by atoms with Gasteiger partial charge in [0, 0.05) is 6.42 Å². The Hall–Kier alpha value is -1.25. The first-order chi connectivity index (χ1) is 12.2. The van der Waals surface area contributed by atoms with E-state index in [2.05, 4.69) is 9.44 Å². The number of oxime groups is 1. The molecule has 0 saturated carbocycles. The van der Waals surface area contributed by atoms with Crippen LogP contribution in [0.25, 0.3) is 0 Å². The second-order valence-electron chi connectivity index (χ2n) is 5.46. The minimum atomic E-state index is -4.83. The Kier molecular flexibility index (Phi) is 7.37. The zero-order chi connectivity index (χ0) is 19.3. The lowest BCUT2D eigenvalue weighted by atomic mass is 10.0. The zero-order valence-corrected chi connectivity index (χ0v) is 15.0. The summed E-state index contributed by atoms with van der Waals surface area (Å²) in [7, 11) is -4.83. The van der Waals surface area contributed by atoms with Crippen molar-refractivity contribution in [1.29, 1.82) is 0 Å². The van der Waals surface area contributed by atoms with Crippen LogP contribution in [-0.2, 0) is 25.8 Å². The van der Waals surface area contributed by atoms with Gasteiger partial charge in [-0.15, -0.1) is 0 Å². The van der Waals surface area contributed by atoms with Crippen LogP contribution < -0.4 is 0 Å². The summed E-state index contributed by atoms with van der Waals surface area (Å²) in [6, 6.07) is 8.73. The van der Waals surface area contributed by atoms with Crippen molar-refractivity contribution in [3.05, 3.63) is 35.9 Å². The summed E-state index contributed by atoms with van der Waals surface area (Å²) in [5.41, 5.74) is -0.444. The molecule has 12 heteroatoms. The predicted octanol–water partition coefficient (Wildman–Crippen LogP) is -1.10. The van der Waals surface area contributed by atoms with Crippen LogP contribution in [0.2, 0.25) is 0 Å². The average Bonchev–Trinajstić information content (AvgIpc) is 2.60. The maximum Gasteiger partial charge on any atom is 0.466 e. The molecule has 1 aliphatic heterocycles. The monoisotopic (exact) mass is 409 g/mol. The lowest BCUT2D eigenvalue weighted by Gasteiger charge is -2.39. The van der Waals surface area contributed by atoms with Crippen molar-refractivity contribution >= 4 is 27.2 Å². The Morgan fingerprint density at radius 3 is 2.38 bits per heavy atom. The van der Waals surface area contributed by atoms with E-state index in [-0.39, 0.29) is 11.5 Å². The number of thioether (sulfide) groups is 1. The molecule has 0 radical (unpaired) electrons. The number of nitrogens with zero attached hydrogens (tertiary/aromatic N) is 1. The fourth-order valence-electron chi connectivity index (χ4n) is 2.25. The molecule has 0 aromatic heterocycles. The number of hydrogen-bond acceptors (Lipinski definition) is 10. The molecule has 1 heterocycles. The minimum absolute atomic E-state index is 0.0122. The van der Waals surface area contributed by atoms with Gasteiger partial charge in [0.25, 0.3) is 0 Å². The molecule has 26 heavy (non-hydrogen) atoms. The van der Waals surface area contributed by atoms with Crippen LogP contribution in [0.1, 0.15) is 5.56 Å². The molecular formula is C14H19NO9S2. The summed E-state index contributed by atoms with van der Waals surface area (Å²) >= 11 is 0.729. The smallest absolute Gasteiger partial charge is 0.394 e. The second kappa shape index (κ2) is 9.10. The van der Waals surface area contributed by atoms with Gasteiger partial charge >= 0.3 is 10.4 Å². The second-order valence-corrected chi connectivity index (χ2v) is 7.64. The maximum absolute atomic E-state index is 10.8. The number of aliphatic hydroxyl groups is 4. The SMILES string of the molecule is O=S(=O)(O)O/N=C(/Cc1ccccc1)S[C@@H]1O[C@H](CO)[C@H](O)[C@@H](O)[C@@H]1O. The van der Waals surface area contributed by atoms with Gasteiger partial charge in [0.1, 0.15) is 34.9 Å². The fraction of sp³-hybridized carbons (Fsp3) is 0.500. The molecule has 0 spiro atoms. The summed E-state index contributed by atoms with van der Waals surface area (Å²) < 4.78 is 39.6. The standard InChI is InChI=1S/C14H19NO9S2/c16-7-9-11(17)12(18)13(19)14(23-9)25-10(15-24-26(20,21)22)6-8-4-2-1-3-5-8/h1-5,9,11-14,16-19H,6-7H2,(H,20,21,22)/b15-10-/t9-,11+,12-,13+,14+/m1/s1. The van der Waals surface area contributed by atoms with Gasteiger partial charge < -0.3 is 25.2 Å². The van der Waals surface area contributed by atoms with Crippen molar-refractivity contribution in [3.8, 4) is 0 Å². The van der Waals surface area contributed by atoms with E-state index < -0.39 is 46.9 Å². The molecule has 1 fully saturated rings. The molecule has 0 amide bonds. The molecular weight excluding hydrogens is 390 g/mol.